The molecule has 0 aliphatic carbocycles. The molecule has 2 aliphatic rings. The van der Waals surface area contributed by atoms with Crippen molar-refractivity contribution < 1.29 is 14.2 Å². The summed E-state index contributed by atoms with van der Waals surface area (Å²) in [7, 11) is 0. The Morgan fingerprint density at radius 3 is 3.00 bits per heavy atom. The Morgan fingerprint density at radius 1 is 1.24 bits per heavy atom. The zero-order chi connectivity index (χ0) is 11.5. The van der Waals surface area contributed by atoms with Crippen LogP contribution in [0.25, 0.3) is 0 Å². The van der Waals surface area contributed by atoms with Gasteiger partial charge in [0.2, 0.25) is 0 Å². The van der Waals surface area contributed by atoms with Gasteiger partial charge >= 0.3 is 0 Å². The third kappa shape index (κ3) is 2.35. The van der Waals surface area contributed by atoms with E-state index in [0.29, 0.717) is 19.1 Å². The van der Waals surface area contributed by atoms with Crippen molar-refractivity contribution in [2.45, 2.75) is 18.8 Å². The fraction of sp³-hybridized carbons (Fsp3) is 0.429. The minimum atomic E-state index is 0.139. The summed E-state index contributed by atoms with van der Waals surface area (Å²) >= 11 is 0. The molecule has 0 amide bonds. The molecule has 1 aromatic rings. The van der Waals surface area contributed by atoms with Crippen molar-refractivity contribution in [3.63, 3.8) is 0 Å². The quantitative estimate of drug-likeness (QED) is 0.796. The van der Waals surface area contributed by atoms with Gasteiger partial charge in [-0.3, -0.25) is 0 Å². The second kappa shape index (κ2) is 4.90. The average molecular weight is 232 g/mol. The van der Waals surface area contributed by atoms with Crippen LogP contribution in [0.3, 0.4) is 0 Å². The number of rotatable bonds is 4. The number of ether oxygens (including phenoxy) is 3. The summed E-state index contributed by atoms with van der Waals surface area (Å²) in [5.41, 5.74) is 1.20. The number of hydrogen-bond acceptors (Lipinski definition) is 3. The fourth-order valence-electron chi connectivity index (χ4n) is 2.31. The molecule has 0 bridgehead atoms. The van der Waals surface area contributed by atoms with Crippen LogP contribution in [0.4, 0.5) is 0 Å². The molecule has 1 fully saturated rings. The summed E-state index contributed by atoms with van der Waals surface area (Å²) in [6.45, 7) is 2.08. The van der Waals surface area contributed by atoms with E-state index < -0.39 is 0 Å². The van der Waals surface area contributed by atoms with Crippen LogP contribution in [0.1, 0.15) is 5.56 Å². The highest BCUT2D eigenvalue weighted by molar-refractivity contribution is 5.13. The van der Waals surface area contributed by atoms with Crippen LogP contribution in [0.5, 0.6) is 0 Å². The van der Waals surface area contributed by atoms with Gasteiger partial charge in [0.05, 0.1) is 26.1 Å². The summed E-state index contributed by atoms with van der Waals surface area (Å²) in [5, 5.41) is 0. The lowest BCUT2D eigenvalue weighted by molar-refractivity contribution is 0.0391. The Labute approximate surface area is 101 Å². The summed E-state index contributed by atoms with van der Waals surface area (Å²) in [4.78, 5) is 0. The zero-order valence-electron chi connectivity index (χ0n) is 9.62. The first-order chi connectivity index (χ1) is 8.43. The molecule has 90 valence electrons. The number of fused-ring (bicyclic) bond motifs is 1. The van der Waals surface area contributed by atoms with E-state index in [2.05, 4.69) is 12.1 Å². The summed E-state index contributed by atoms with van der Waals surface area (Å²) < 4.78 is 16.8. The Bertz CT molecular complexity index is 388. The first-order valence-corrected chi connectivity index (χ1v) is 5.99. The maximum Gasteiger partial charge on any atom is 0.135 e. The third-order valence-electron chi connectivity index (χ3n) is 3.24. The van der Waals surface area contributed by atoms with E-state index in [1.807, 2.05) is 24.3 Å². The Balaban J connectivity index is 1.46. The van der Waals surface area contributed by atoms with E-state index in [1.54, 1.807) is 6.26 Å². The standard InChI is InChI=1S/C14H16O3/c1-2-4-11(5-3-1)8-15-9-12-10-17-13-6-7-16-14(12)13/h1-7,12-14H,8-10H2/t12-,13-,14-/m1/s1. The smallest absolute Gasteiger partial charge is 0.135 e. The van der Waals surface area contributed by atoms with Crippen molar-refractivity contribution in [3.8, 4) is 0 Å². The van der Waals surface area contributed by atoms with Crippen molar-refractivity contribution in [3.05, 3.63) is 48.2 Å². The van der Waals surface area contributed by atoms with Gasteiger partial charge in [-0.25, -0.2) is 0 Å². The molecule has 0 saturated carbocycles. The maximum absolute atomic E-state index is 5.72. The average Bonchev–Trinajstić information content (AvgIpc) is 2.95. The highest BCUT2D eigenvalue weighted by atomic mass is 16.6. The van der Waals surface area contributed by atoms with Crippen molar-refractivity contribution >= 4 is 0 Å². The van der Waals surface area contributed by atoms with Crippen LogP contribution in [0.2, 0.25) is 0 Å². The molecule has 3 nitrogen and oxygen atoms in total. The molecule has 2 aliphatic heterocycles. The minimum absolute atomic E-state index is 0.139. The van der Waals surface area contributed by atoms with E-state index in [-0.39, 0.29) is 12.2 Å². The molecule has 0 aromatic heterocycles. The Hall–Kier alpha value is -1.32. The SMILES string of the molecule is C1=C[C@H]2OC[C@@H](COCc3ccccc3)[C@H]2O1. The van der Waals surface area contributed by atoms with Crippen LogP contribution in [-0.2, 0) is 20.8 Å². The molecule has 1 saturated heterocycles. The summed E-state index contributed by atoms with van der Waals surface area (Å²) in [6.07, 6.45) is 4.01. The van der Waals surface area contributed by atoms with Crippen molar-refractivity contribution in [1.29, 1.82) is 0 Å². The monoisotopic (exact) mass is 232 g/mol. The van der Waals surface area contributed by atoms with Gasteiger partial charge in [-0.15, -0.1) is 0 Å². The molecule has 17 heavy (non-hydrogen) atoms. The van der Waals surface area contributed by atoms with Gasteiger partial charge in [0.1, 0.15) is 12.2 Å². The van der Waals surface area contributed by atoms with Gasteiger partial charge in [-0.1, -0.05) is 30.3 Å². The molecular formula is C14H16O3. The normalized spacial score (nSPS) is 30.2. The first kappa shape index (κ1) is 10.8. The topological polar surface area (TPSA) is 27.7 Å². The number of benzene rings is 1. The minimum Gasteiger partial charge on any atom is -0.495 e. The molecule has 0 N–H and O–H groups in total. The molecule has 0 spiro atoms. The Kier molecular flexibility index (Phi) is 3.12. The van der Waals surface area contributed by atoms with Crippen molar-refractivity contribution in [1.82, 2.24) is 0 Å². The van der Waals surface area contributed by atoms with E-state index >= 15 is 0 Å². The lowest BCUT2D eigenvalue weighted by Crippen LogP contribution is -2.26. The van der Waals surface area contributed by atoms with Gasteiger partial charge in [-0.2, -0.15) is 0 Å². The van der Waals surface area contributed by atoms with E-state index in [1.165, 1.54) is 5.56 Å². The molecule has 0 radical (unpaired) electrons. The largest absolute Gasteiger partial charge is 0.495 e. The van der Waals surface area contributed by atoms with Crippen LogP contribution < -0.4 is 0 Å². The predicted octanol–water partition coefficient (Wildman–Crippen LogP) is 2.13. The van der Waals surface area contributed by atoms with Crippen LogP contribution in [0, 0.1) is 5.92 Å². The maximum atomic E-state index is 5.72. The van der Waals surface area contributed by atoms with Gasteiger partial charge in [0.25, 0.3) is 0 Å². The lowest BCUT2D eigenvalue weighted by Gasteiger charge is -2.16. The molecule has 0 unspecified atom stereocenters. The fourth-order valence-corrected chi connectivity index (χ4v) is 2.31. The molecule has 3 heteroatoms. The van der Waals surface area contributed by atoms with E-state index in [4.69, 9.17) is 14.2 Å². The van der Waals surface area contributed by atoms with Gasteiger partial charge in [0, 0.05) is 5.92 Å². The van der Waals surface area contributed by atoms with Gasteiger partial charge < -0.3 is 14.2 Å². The van der Waals surface area contributed by atoms with Crippen molar-refractivity contribution in [2.24, 2.45) is 5.92 Å². The lowest BCUT2D eigenvalue weighted by atomic mass is 10.0. The second-order valence-corrected chi connectivity index (χ2v) is 4.49. The molecule has 3 rings (SSSR count). The van der Waals surface area contributed by atoms with E-state index in [9.17, 15) is 0 Å². The third-order valence-corrected chi connectivity index (χ3v) is 3.24. The Morgan fingerprint density at radius 2 is 2.12 bits per heavy atom. The predicted molar refractivity (Wildman–Crippen MR) is 63.3 cm³/mol. The molecular weight excluding hydrogens is 216 g/mol. The zero-order valence-corrected chi connectivity index (χ0v) is 9.62. The summed E-state index contributed by atoms with van der Waals surface area (Å²) in [6, 6.07) is 10.2. The van der Waals surface area contributed by atoms with Gasteiger partial charge in [-0.05, 0) is 11.6 Å². The number of hydrogen-bond donors (Lipinski definition) is 0. The van der Waals surface area contributed by atoms with Gasteiger partial charge in [0.15, 0.2) is 0 Å². The highest BCUT2D eigenvalue weighted by Crippen LogP contribution is 2.29. The van der Waals surface area contributed by atoms with E-state index in [0.717, 1.165) is 6.61 Å². The first-order valence-electron chi connectivity index (χ1n) is 5.99. The molecule has 1 aromatic carbocycles. The van der Waals surface area contributed by atoms with Crippen molar-refractivity contribution in [2.75, 3.05) is 13.2 Å². The molecule has 2 heterocycles. The van der Waals surface area contributed by atoms with Crippen LogP contribution in [0.15, 0.2) is 42.7 Å². The highest BCUT2D eigenvalue weighted by Gasteiger charge is 2.39. The molecule has 3 atom stereocenters. The summed E-state index contributed by atoms with van der Waals surface area (Å²) in [5.74, 6) is 0.346. The van der Waals surface area contributed by atoms with Crippen LogP contribution in [-0.4, -0.2) is 25.4 Å². The van der Waals surface area contributed by atoms with Crippen LogP contribution >= 0.6 is 0 Å². The second-order valence-electron chi connectivity index (χ2n) is 4.49.